The average Bonchev–Trinajstić information content (AvgIpc) is 2.53. The molecule has 0 amide bonds. The normalized spacial score (nSPS) is 14.4. The van der Waals surface area contributed by atoms with Crippen LogP contribution in [0.4, 0.5) is 0 Å². The molecule has 0 aliphatic heterocycles. The van der Waals surface area contributed by atoms with Gasteiger partial charge in [0, 0.05) is 16.1 Å². The van der Waals surface area contributed by atoms with E-state index in [2.05, 4.69) is 18.6 Å². The average molecular weight is 386 g/mol. The summed E-state index contributed by atoms with van der Waals surface area (Å²) in [5.41, 5.74) is 1.81. The van der Waals surface area contributed by atoms with E-state index in [4.69, 9.17) is 23.2 Å². The minimum atomic E-state index is -3.63. The molecule has 0 spiro atoms. The predicted molar refractivity (Wildman–Crippen MR) is 100 cm³/mol. The number of hydrogen-bond acceptors (Lipinski definition) is 2. The Bertz CT molecular complexity index is 804. The monoisotopic (exact) mass is 385 g/mol. The molecule has 2 aromatic rings. The van der Waals surface area contributed by atoms with E-state index in [1.54, 1.807) is 37.3 Å². The molecule has 0 heterocycles. The highest BCUT2D eigenvalue weighted by Gasteiger charge is 2.20. The summed E-state index contributed by atoms with van der Waals surface area (Å²) in [6, 6.07) is 11.6. The molecule has 0 saturated carbocycles. The van der Waals surface area contributed by atoms with Gasteiger partial charge in [-0.3, -0.25) is 0 Å². The van der Waals surface area contributed by atoms with E-state index >= 15 is 0 Å². The van der Waals surface area contributed by atoms with E-state index in [1.807, 2.05) is 12.1 Å². The van der Waals surface area contributed by atoms with Crippen LogP contribution in [0.5, 0.6) is 0 Å². The van der Waals surface area contributed by atoms with Crippen LogP contribution in [-0.2, 0) is 10.0 Å². The van der Waals surface area contributed by atoms with Gasteiger partial charge < -0.3 is 0 Å². The van der Waals surface area contributed by atoms with Crippen molar-refractivity contribution in [2.75, 3.05) is 0 Å². The maximum Gasteiger partial charge on any atom is 0.241 e. The van der Waals surface area contributed by atoms with Crippen LogP contribution < -0.4 is 4.72 Å². The number of rotatable bonds is 6. The molecular formula is C18H21Cl2NO2S. The first kappa shape index (κ1) is 19.3. The van der Waals surface area contributed by atoms with Gasteiger partial charge in [0.05, 0.1) is 4.90 Å². The Balaban J connectivity index is 2.21. The number of nitrogens with one attached hydrogen (secondary N) is 1. The van der Waals surface area contributed by atoms with Gasteiger partial charge in [-0.1, -0.05) is 55.2 Å². The Morgan fingerprint density at radius 2 is 1.67 bits per heavy atom. The Labute approximate surface area is 154 Å². The van der Waals surface area contributed by atoms with E-state index in [0.717, 1.165) is 12.0 Å². The molecular weight excluding hydrogens is 365 g/mol. The predicted octanol–water partition coefficient (Wildman–Crippen LogP) is 5.55. The number of halogens is 2. The van der Waals surface area contributed by atoms with Gasteiger partial charge in [0.1, 0.15) is 0 Å². The molecule has 2 aromatic carbocycles. The highest BCUT2D eigenvalue weighted by atomic mass is 35.5. The summed E-state index contributed by atoms with van der Waals surface area (Å²) in [6.45, 7) is 5.97. The fourth-order valence-electron chi connectivity index (χ4n) is 2.43. The molecule has 0 aromatic heterocycles. The molecule has 0 aliphatic rings. The maximum atomic E-state index is 12.6. The lowest BCUT2D eigenvalue weighted by molar-refractivity contribution is 0.567. The third-order valence-corrected chi connectivity index (χ3v) is 6.25. The van der Waals surface area contributed by atoms with Crippen LogP contribution in [-0.4, -0.2) is 8.42 Å². The van der Waals surface area contributed by atoms with Crippen molar-refractivity contribution in [3.8, 4) is 0 Å². The lowest BCUT2D eigenvalue weighted by atomic mass is 9.99. The number of sulfonamides is 1. The first-order chi connectivity index (χ1) is 11.2. The van der Waals surface area contributed by atoms with Crippen molar-refractivity contribution in [1.82, 2.24) is 4.72 Å². The molecule has 130 valence electrons. The van der Waals surface area contributed by atoms with Gasteiger partial charge in [-0.2, -0.15) is 0 Å². The summed E-state index contributed by atoms with van der Waals surface area (Å²) in [5.74, 6) is 0.404. The van der Waals surface area contributed by atoms with Crippen LogP contribution in [0.25, 0.3) is 0 Å². The Hall–Kier alpha value is -1.07. The van der Waals surface area contributed by atoms with Crippen LogP contribution in [0, 0.1) is 0 Å². The molecule has 6 heteroatoms. The van der Waals surface area contributed by atoms with Crippen LogP contribution in [0.3, 0.4) is 0 Å². The second kappa shape index (κ2) is 7.87. The van der Waals surface area contributed by atoms with Crippen molar-refractivity contribution in [3.63, 3.8) is 0 Å². The highest BCUT2D eigenvalue weighted by Crippen LogP contribution is 2.27. The number of benzene rings is 2. The summed E-state index contributed by atoms with van der Waals surface area (Å²) in [6.07, 6.45) is 1.01. The standard InChI is InChI=1S/C18H21Cl2NO2S/c1-4-12(2)14-5-8-16(9-6-14)24(22,23)21-13(3)17-10-7-15(19)11-18(17)20/h5-13,21H,4H2,1-3H3/t12-,13+/m0/s1. The van der Waals surface area contributed by atoms with E-state index in [9.17, 15) is 8.42 Å². The van der Waals surface area contributed by atoms with Crippen molar-refractivity contribution >= 4 is 33.2 Å². The smallest absolute Gasteiger partial charge is 0.207 e. The van der Waals surface area contributed by atoms with Gasteiger partial charge >= 0.3 is 0 Å². The molecule has 0 bridgehead atoms. The van der Waals surface area contributed by atoms with Crippen molar-refractivity contribution < 1.29 is 8.42 Å². The Kier molecular flexibility index (Phi) is 6.32. The minimum absolute atomic E-state index is 0.242. The molecule has 1 N–H and O–H groups in total. The second-order valence-corrected chi connectivity index (χ2v) is 8.44. The van der Waals surface area contributed by atoms with Gasteiger partial charge in [-0.25, -0.2) is 13.1 Å². The highest BCUT2D eigenvalue weighted by molar-refractivity contribution is 7.89. The summed E-state index contributed by atoms with van der Waals surface area (Å²) < 4.78 is 27.8. The molecule has 24 heavy (non-hydrogen) atoms. The molecule has 3 nitrogen and oxygen atoms in total. The third-order valence-electron chi connectivity index (χ3n) is 4.13. The lowest BCUT2D eigenvalue weighted by Crippen LogP contribution is -2.27. The van der Waals surface area contributed by atoms with Crippen molar-refractivity contribution in [3.05, 3.63) is 63.6 Å². The minimum Gasteiger partial charge on any atom is -0.207 e. The van der Waals surface area contributed by atoms with Crippen molar-refractivity contribution in [1.29, 1.82) is 0 Å². The quantitative estimate of drug-likeness (QED) is 0.708. The van der Waals surface area contributed by atoms with Crippen LogP contribution in [0.15, 0.2) is 47.4 Å². The topological polar surface area (TPSA) is 46.2 Å². The van der Waals surface area contributed by atoms with Gasteiger partial charge in [0.15, 0.2) is 0 Å². The fraction of sp³-hybridized carbons (Fsp3) is 0.333. The van der Waals surface area contributed by atoms with Gasteiger partial charge in [-0.15, -0.1) is 0 Å². The van der Waals surface area contributed by atoms with Crippen LogP contribution in [0.2, 0.25) is 10.0 Å². The first-order valence-corrected chi connectivity index (χ1v) is 10.1. The summed E-state index contributed by atoms with van der Waals surface area (Å²) in [7, 11) is -3.63. The molecule has 2 rings (SSSR count). The Morgan fingerprint density at radius 3 is 2.21 bits per heavy atom. The molecule has 0 unspecified atom stereocenters. The zero-order chi connectivity index (χ0) is 17.9. The zero-order valence-electron chi connectivity index (χ0n) is 13.9. The summed E-state index contributed by atoms with van der Waals surface area (Å²) >= 11 is 12.0. The SMILES string of the molecule is CC[C@H](C)c1ccc(S(=O)(=O)N[C@H](C)c2ccc(Cl)cc2Cl)cc1. The molecule has 0 fully saturated rings. The molecule has 0 aliphatic carbocycles. The van der Waals surface area contributed by atoms with E-state index in [0.29, 0.717) is 21.5 Å². The van der Waals surface area contributed by atoms with Crippen LogP contribution >= 0.6 is 23.2 Å². The number of hydrogen-bond donors (Lipinski definition) is 1. The van der Waals surface area contributed by atoms with Crippen LogP contribution in [0.1, 0.15) is 50.3 Å². The Morgan fingerprint density at radius 1 is 1.04 bits per heavy atom. The molecule has 0 saturated heterocycles. The van der Waals surface area contributed by atoms with E-state index in [1.165, 1.54) is 0 Å². The van der Waals surface area contributed by atoms with Crippen molar-refractivity contribution in [2.24, 2.45) is 0 Å². The largest absolute Gasteiger partial charge is 0.241 e. The lowest BCUT2D eigenvalue weighted by Gasteiger charge is -2.17. The zero-order valence-corrected chi connectivity index (χ0v) is 16.2. The van der Waals surface area contributed by atoms with Gasteiger partial charge in [0.2, 0.25) is 10.0 Å². The molecule has 0 radical (unpaired) electrons. The molecule has 2 atom stereocenters. The summed E-state index contributed by atoms with van der Waals surface area (Å²) in [4.78, 5) is 0.242. The van der Waals surface area contributed by atoms with E-state index < -0.39 is 16.1 Å². The third kappa shape index (κ3) is 4.51. The second-order valence-electron chi connectivity index (χ2n) is 5.89. The maximum absolute atomic E-state index is 12.6. The van der Waals surface area contributed by atoms with Gasteiger partial charge in [0.25, 0.3) is 0 Å². The van der Waals surface area contributed by atoms with E-state index in [-0.39, 0.29) is 4.90 Å². The summed E-state index contributed by atoms with van der Waals surface area (Å²) in [5, 5.41) is 0.948. The fourth-order valence-corrected chi connectivity index (χ4v) is 4.22. The van der Waals surface area contributed by atoms with Crippen molar-refractivity contribution in [2.45, 2.75) is 44.0 Å². The van der Waals surface area contributed by atoms with Gasteiger partial charge in [-0.05, 0) is 54.7 Å². The first-order valence-electron chi connectivity index (χ1n) is 7.82.